The van der Waals surface area contributed by atoms with Crippen molar-refractivity contribution < 1.29 is 9.84 Å². The van der Waals surface area contributed by atoms with Crippen LogP contribution in [0.2, 0.25) is 0 Å². The summed E-state index contributed by atoms with van der Waals surface area (Å²) in [6, 6.07) is 8.48. The van der Waals surface area contributed by atoms with Gasteiger partial charge in [0.25, 0.3) is 0 Å². The molecule has 1 aromatic rings. The van der Waals surface area contributed by atoms with Gasteiger partial charge in [-0.25, -0.2) is 0 Å². The summed E-state index contributed by atoms with van der Waals surface area (Å²) in [6.45, 7) is 3.40. The van der Waals surface area contributed by atoms with Crippen LogP contribution in [0.5, 0.6) is 5.75 Å². The van der Waals surface area contributed by atoms with Crippen molar-refractivity contribution >= 4 is 0 Å². The zero-order valence-corrected chi connectivity index (χ0v) is 14.7. The Morgan fingerprint density at radius 1 is 1.17 bits per heavy atom. The highest BCUT2D eigenvalue weighted by Gasteiger charge is 2.40. The van der Waals surface area contributed by atoms with Gasteiger partial charge in [0, 0.05) is 0 Å². The first-order valence-corrected chi connectivity index (χ1v) is 9.33. The van der Waals surface area contributed by atoms with Gasteiger partial charge >= 0.3 is 0 Å². The average molecular weight is 320 g/mol. The van der Waals surface area contributed by atoms with Crippen LogP contribution in [0.1, 0.15) is 63.9 Å². The van der Waals surface area contributed by atoms with Gasteiger partial charge in [-0.2, -0.15) is 0 Å². The molecule has 3 heteroatoms. The fourth-order valence-electron chi connectivity index (χ4n) is 3.61. The van der Waals surface area contributed by atoms with Crippen molar-refractivity contribution in [2.24, 2.45) is 11.7 Å². The van der Waals surface area contributed by atoms with E-state index in [0.717, 1.165) is 38.0 Å². The van der Waals surface area contributed by atoms with Gasteiger partial charge < -0.3 is 15.6 Å². The van der Waals surface area contributed by atoms with Crippen LogP contribution < -0.4 is 10.5 Å². The lowest BCUT2D eigenvalue weighted by Crippen LogP contribution is -2.47. The van der Waals surface area contributed by atoms with Crippen LogP contribution in [-0.4, -0.2) is 23.9 Å². The molecule has 0 radical (unpaired) electrons. The smallest absolute Gasteiger partial charge is 0.162 e. The summed E-state index contributed by atoms with van der Waals surface area (Å²) in [6.07, 6.45) is 10.7. The quantitative estimate of drug-likeness (QED) is 0.526. The molecule has 2 atom stereocenters. The monoisotopic (exact) mass is 320 g/mol. The molecule has 2 rings (SSSR count). The molecular weight excluding hydrogens is 286 g/mol. The molecule has 1 aliphatic rings. The summed E-state index contributed by atoms with van der Waals surface area (Å²) in [4.78, 5) is 0. The second-order valence-electron chi connectivity index (χ2n) is 7.11. The maximum absolute atomic E-state index is 7.72. The first-order valence-electron chi connectivity index (χ1n) is 9.33. The van der Waals surface area contributed by atoms with Crippen molar-refractivity contribution in [2.45, 2.75) is 70.3 Å². The molecule has 4 N–H and O–H groups in total. The Hall–Kier alpha value is -1.06. The standard InChI is InChI=1S/C20H33NO2/c1-2-3-4-5-6-14-23-19-11-9-17(10-12-19)15-18-8-7-13-20(18,21)16-22/h9-12,18,22H,2-8,13-16,21H2,1H3/p+1/t18-,20+/m1/s1. The zero-order chi connectivity index (χ0) is 16.5. The van der Waals surface area contributed by atoms with E-state index in [1.54, 1.807) is 0 Å². The Bertz CT molecular complexity index is 445. The minimum absolute atomic E-state index is 0.270. The molecule has 23 heavy (non-hydrogen) atoms. The SMILES string of the molecule is CCCCCCCOc1ccc(C[C@H]2CCC[C@]2(N)C[OH2+])cc1. The molecule has 0 heterocycles. The van der Waals surface area contributed by atoms with Gasteiger partial charge in [0.2, 0.25) is 0 Å². The van der Waals surface area contributed by atoms with Crippen molar-refractivity contribution in [3.8, 4) is 5.75 Å². The number of rotatable bonds is 10. The van der Waals surface area contributed by atoms with Crippen LogP contribution in [0, 0.1) is 5.92 Å². The normalized spacial score (nSPS) is 24.0. The number of benzene rings is 1. The molecule has 0 spiro atoms. The van der Waals surface area contributed by atoms with E-state index in [4.69, 9.17) is 15.6 Å². The second-order valence-corrected chi connectivity index (χ2v) is 7.11. The Morgan fingerprint density at radius 3 is 2.61 bits per heavy atom. The van der Waals surface area contributed by atoms with Crippen molar-refractivity contribution in [3.05, 3.63) is 29.8 Å². The van der Waals surface area contributed by atoms with Crippen molar-refractivity contribution in [2.75, 3.05) is 13.2 Å². The highest BCUT2D eigenvalue weighted by atomic mass is 16.5. The van der Waals surface area contributed by atoms with Crippen LogP contribution in [0.25, 0.3) is 0 Å². The summed E-state index contributed by atoms with van der Waals surface area (Å²) < 4.78 is 5.82. The second kappa shape index (κ2) is 9.29. The third kappa shape index (κ3) is 5.50. The molecule has 0 saturated heterocycles. The van der Waals surface area contributed by atoms with E-state index in [2.05, 4.69) is 31.2 Å². The third-order valence-electron chi connectivity index (χ3n) is 5.26. The van der Waals surface area contributed by atoms with Gasteiger partial charge in [-0.15, -0.1) is 0 Å². The lowest BCUT2D eigenvalue weighted by molar-refractivity contribution is 0.160. The summed E-state index contributed by atoms with van der Waals surface area (Å²) in [5, 5.41) is 7.72. The summed E-state index contributed by atoms with van der Waals surface area (Å²) in [7, 11) is 0. The fraction of sp³-hybridized carbons (Fsp3) is 0.700. The number of ether oxygens (including phenoxy) is 1. The Balaban J connectivity index is 1.74. The summed E-state index contributed by atoms with van der Waals surface area (Å²) in [5.74, 6) is 1.42. The van der Waals surface area contributed by atoms with E-state index in [0.29, 0.717) is 12.5 Å². The Labute approximate surface area is 141 Å². The minimum Gasteiger partial charge on any atom is -0.494 e. The maximum Gasteiger partial charge on any atom is 0.162 e. The number of hydrogen-bond acceptors (Lipinski definition) is 2. The molecule has 1 saturated carbocycles. The van der Waals surface area contributed by atoms with E-state index in [1.165, 1.54) is 37.7 Å². The molecule has 0 aliphatic heterocycles. The zero-order valence-electron chi connectivity index (χ0n) is 14.7. The molecule has 0 unspecified atom stereocenters. The Morgan fingerprint density at radius 2 is 1.91 bits per heavy atom. The predicted molar refractivity (Wildman–Crippen MR) is 97.1 cm³/mol. The van der Waals surface area contributed by atoms with Gasteiger partial charge in [0.05, 0.1) is 12.1 Å². The van der Waals surface area contributed by atoms with Gasteiger partial charge in [0.1, 0.15) is 5.75 Å². The highest BCUT2D eigenvalue weighted by Crippen LogP contribution is 2.35. The van der Waals surface area contributed by atoms with Crippen molar-refractivity contribution in [3.63, 3.8) is 0 Å². The molecule has 1 aromatic carbocycles. The summed E-state index contributed by atoms with van der Waals surface area (Å²) >= 11 is 0. The lowest BCUT2D eigenvalue weighted by atomic mass is 9.84. The van der Waals surface area contributed by atoms with Gasteiger partial charge in [0.15, 0.2) is 6.61 Å². The van der Waals surface area contributed by atoms with Crippen molar-refractivity contribution in [1.82, 2.24) is 0 Å². The maximum atomic E-state index is 7.72. The van der Waals surface area contributed by atoms with E-state index < -0.39 is 0 Å². The van der Waals surface area contributed by atoms with Crippen LogP contribution >= 0.6 is 0 Å². The van der Waals surface area contributed by atoms with Crippen LogP contribution in [0.3, 0.4) is 0 Å². The third-order valence-corrected chi connectivity index (χ3v) is 5.26. The highest BCUT2D eigenvalue weighted by molar-refractivity contribution is 5.28. The molecule has 130 valence electrons. The molecule has 0 aromatic heterocycles. The van der Waals surface area contributed by atoms with Crippen LogP contribution in [0.15, 0.2) is 24.3 Å². The largest absolute Gasteiger partial charge is 0.494 e. The number of unbranched alkanes of at least 4 members (excludes halogenated alkanes) is 4. The number of hydrogen-bond donors (Lipinski definition) is 1. The molecule has 0 bridgehead atoms. The van der Waals surface area contributed by atoms with Crippen molar-refractivity contribution in [1.29, 1.82) is 0 Å². The first kappa shape index (κ1) is 18.3. The van der Waals surface area contributed by atoms with E-state index in [1.807, 2.05) is 0 Å². The first-order chi connectivity index (χ1) is 11.2. The van der Waals surface area contributed by atoms with Gasteiger partial charge in [-0.1, -0.05) is 51.2 Å². The fourth-order valence-corrected chi connectivity index (χ4v) is 3.61. The van der Waals surface area contributed by atoms with Crippen LogP contribution in [-0.2, 0) is 6.42 Å². The molecule has 0 amide bonds. The van der Waals surface area contributed by atoms with Gasteiger partial charge in [-0.05, 0) is 49.3 Å². The molecular formula is C20H34NO2+. The number of nitrogens with two attached hydrogens (primary N) is 1. The molecule has 1 fully saturated rings. The minimum atomic E-state index is -0.270. The lowest BCUT2D eigenvalue weighted by Gasteiger charge is -2.27. The molecule has 3 nitrogen and oxygen atoms in total. The average Bonchev–Trinajstić information content (AvgIpc) is 2.94. The van der Waals surface area contributed by atoms with E-state index in [9.17, 15) is 0 Å². The predicted octanol–water partition coefficient (Wildman–Crippen LogP) is 3.80. The topological polar surface area (TPSA) is 58.1 Å². The van der Waals surface area contributed by atoms with Gasteiger partial charge in [-0.3, -0.25) is 0 Å². The molecule has 1 aliphatic carbocycles. The van der Waals surface area contributed by atoms with Crippen LogP contribution in [0.4, 0.5) is 0 Å². The van der Waals surface area contributed by atoms with E-state index in [-0.39, 0.29) is 5.54 Å². The summed E-state index contributed by atoms with van der Waals surface area (Å²) in [5.41, 5.74) is 7.43. The Kier molecular flexibility index (Phi) is 7.38. The van der Waals surface area contributed by atoms with E-state index >= 15 is 0 Å².